The van der Waals surface area contributed by atoms with Crippen molar-refractivity contribution >= 4 is 34.6 Å². The summed E-state index contributed by atoms with van der Waals surface area (Å²) < 4.78 is 6.70. The average Bonchev–Trinajstić information content (AvgIpc) is 2.80. The lowest BCUT2D eigenvalue weighted by atomic mass is 10.3. The van der Waals surface area contributed by atoms with Gasteiger partial charge in [0, 0.05) is 13.2 Å². The van der Waals surface area contributed by atoms with Gasteiger partial charge in [-0.1, -0.05) is 12.1 Å². The van der Waals surface area contributed by atoms with Crippen molar-refractivity contribution in [2.24, 2.45) is 12.8 Å². The number of amides is 1. The molecule has 2 aromatic rings. The summed E-state index contributed by atoms with van der Waals surface area (Å²) in [5, 5.41) is 10.2. The number of nitrogens with two attached hydrogens (primary N) is 1. The van der Waals surface area contributed by atoms with Crippen molar-refractivity contribution in [2.75, 3.05) is 17.7 Å². The summed E-state index contributed by atoms with van der Waals surface area (Å²) >= 11 is 5.21. The maximum atomic E-state index is 11.3. The molecule has 0 aliphatic heterocycles. The van der Waals surface area contributed by atoms with Crippen LogP contribution in [-0.2, 0) is 7.05 Å². The molecule has 0 fully saturated rings. The van der Waals surface area contributed by atoms with Crippen LogP contribution in [0.5, 0.6) is 5.75 Å². The van der Waals surface area contributed by atoms with Gasteiger partial charge in [0.1, 0.15) is 5.75 Å². The highest BCUT2D eigenvalue weighted by molar-refractivity contribution is 7.80. The number of para-hydroxylation sites is 2. The molecule has 0 spiro atoms. The normalized spacial score (nSPS) is 10.0. The Morgan fingerprint density at radius 3 is 2.67 bits per heavy atom. The molecule has 4 N–H and O–H groups in total. The van der Waals surface area contributed by atoms with Crippen molar-refractivity contribution in [3.8, 4) is 5.75 Å². The van der Waals surface area contributed by atoms with E-state index in [9.17, 15) is 4.79 Å². The fourth-order valence-electron chi connectivity index (χ4n) is 1.79. The van der Waals surface area contributed by atoms with E-state index in [4.69, 9.17) is 22.7 Å². The minimum Gasteiger partial charge on any atom is -0.495 e. The van der Waals surface area contributed by atoms with Gasteiger partial charge in [0.15, 0.2) is 10.8 Å². The molecule has 0 unspecified atom stereocenters. The van der Waals surface area contributed by atoms with Crippen molar-refractivity contribution in [2.45, 2.75) is 0 Å². The van der Waals surface area contributed by atoms with Gasteiger partial charge in [-0.3, -0.25) is 9.48 Å². The van der Waals surface area contributed by atoms with Crippen molar-refractivity contribution in [1.82, 2.24) is 9.78 Å². The van der Waals surface area contributed by atoms with Crippen LogP contribution < -0.4 is 21.1 Å². The maximum absolute atomic E-state index is 11.3. The lowest BCUT2D eigenvalue weighted by Crippen LogP contribution is -2.22. The van der Waals surface area contributed by atoms with E-state index in [1.165, 1.54) is 4.68 Å². The van der Waals surface area contributed by atoms with Gasteiger partial charge in [-0.2, -0.15) is 5.10 Å². The monoisotopic (exact) mass is 305 g/mol. The number of thiocarbonyl (C=S) groups is 1. The number of nitrogens with zero attached hydrogens (tertiary/aromatic N) is 2. The van der Waals surface area contributed by atoms with E-state index in [0.717, 1.165) is 0 Å². The second-order valence-electron chi connectivity index (χ2n) is 4.21. The minimum atomic E-state index is -0.627. The van der Waals surface area contributed by atoms with E-state index in [0.29, 0.717) is 22.2 Å². The largest absolute Gasteiger partial charge is 0.495 e. The van der Waals surface area contributed by atoms with E-state index < -0.39 is 5.91 Å². The molecule has 1 aromatic carbocycles. The number of rotatable bonds is 4. The number of ether oxygens (including phenoxy) is 1. The number of aryl methyl sites for hydroxylation is 1. The Balaban J connectivity index is 2.14. The minimum absolute atomic E-state index is 0.127. The first-order chi connectivity index (χ1) is 10.0. The number of anilines is 2. The molecular formula is C13H15N5O2S. The Morgan fingerprint density at radius 1 is 1.33 bits per heavy atom. The highest BCUT2D eigenvalue weighted by atomic mass is 32.1. The Morgan fingerprint density at radius 2 is 2.00 bits per heavy atom. The molecule has 0 saturated heterocycles. The second kappa shape index (κ2) is 6.23. The number of methoxy groups -OCH3 is 1. The number of aromatic nitrogens is 2. The Kier molecular flexibility index (Phi) is 4.39. The standard InChI is InChI=1S/C13H15N5O2S/c1-18-7-9(11(17-18)12(14)19)16-13(21)15-8-5-3-4-6-10(8)20-2/h3-7H,1-2H3,(H2,14,19)(H2,15,16,21). The predicted octanol–water partition coefficient (Wildman–Crippen LogP) is 1.34. The first-order valence-electron chi connectivity index (χ1n) is 6.05. The fourth-order valence-corrected chi connectivity index (χ4v) is 2.01. The third-order valence-electron chi connectivity index (χ3n) is 2.67. The third-order valence-corrected chi connectivity index (χ3v) is 2.87. The van der Waals surface area contributed by atoms with Crippen molar-refractivity contribution < 1.29 is 9.53 Å². The number of hydrogen-bond donors (Lipinski definition) is 3. The van der Waals surface area contributed by atoms with Crippen LogP contribution in [0.25, 0.3) is 0 Å². The maximum Gasteiger partial charge on any atom is 0.271 e. The molecule has 0 aliphatic carbocycles. The predicted molar refractivity (Wildman–Crippen MR) is 84.6 cm³/mol. The average molecular weight is 305 g/mol. The van der Waals surface area contributed by atoms with Gasteiger partial charge in [-0.15, -0.1) is 0 Å². The third kappa shape index (κ3) is 3.48. The number of hydrogen-bond acceptors (Lipinski definition) is 4. The molecule has 21 heavy (non-hydrogen) atoms. The molecule has 7 nitrogen and oxygen atoms in total. The Bertz CT molecular complexity index is 683. The topological polar surface area (TPSA) is 94.2 Å². The van der Waals surface area contributed by atoms with Crippen molar-refractivity contribution in [1.29, 1.82) is 0 Å². The summed E-state index contributed by atoms with van der Waals surface area (Å²) in [6.45, 7) is 0. The van der Waals surface area contributed by atoms with Gasteiger partial charge in [-0.25, -0.2) is 0 Å². The summed E-state index contributed by atoms with van der Waals surface area (Å²) in [4.78, 5) is 11.3. The summed E-state index contributed by atoms with van der Waals surface area (Å²) in [6.07, 6.45) is 1.62. The summed E-state index contributed by atoms with van der Waals surface area (Å²) in [6, 6.07) is 7.34. The second-order valence-corrected chi connectivity index (χ2v) is 4.62. The summed E-state index contributed by atoms with van der Waals surface area (Å²) in [5.74, 6) is 0.0288. The molecule has 0 atom stereocenters. The van der Waals surface area contributed by atoms with E-state index in [2.05, 4.69) is 15.7 Å². The Hall–Kier alpha value is -2.61. The van der Waals surface area contributed by atoms with Crippen LogP contribution in [0.2, 0.25) is 0 Å². The SMILES string of the molecule is COc1ccccc1NC(=S)Nc1cn(C)nc1C(N)=O. The first-order valence-corrected chi connectivity index (χ1v) is 6.46. The molecular weight excluding hydrogens is 290 g/mol. The van der Waals surface area contributed by atoms with E-state index in [1.807, 2.05) is 24.3 Å². The van der Waals surface area contributed by atoms with E-state index >= 15 is 0 Å². The van der Waals surface area contributed by atoms with Gasteiger partial charge in [0.05, 0.1) is 18.5 Å². The highest BCUT2D eigenvalue weighted by Gasteiger charge is 2.14. The van der Waals surface area contributed by atoms with Crippen LogP contribution in [0.1, 0.15) is 10.5 Å². The number of carbonyl (C=O) groups excluding carboxylic acids is 1. The number of benzene rings is 1. The summed E-state index contributed by atoms with van der Waals surface area (Å²) in [7, 11) is 3.26. The zero-order chi connectivity index (χ0) is 15.4. The van der Waals surface area contributed by atoms with Crippen molar-refractivity contribution in [3.05, 3.63) is 36.2 Å². The molecule has 0 bridgehead atoms. The van der Waals surface area contributed by atoms with E-state index in [1.54, 1.807) is 20.4 Å². The first kappa shape index (κ1) is 14.8. The van der Waals surface area contributed by atoms with Crippen LogP contribution >= 0.6 is 12.2 Å². The lowest BCUT2D eigenvalue weighted by Gasteiger charge is -2.12. The molecule has 0 saturated carbocycles. The van der Waals surface area contributed by atoms with Gasteiger partial charge in [-0.05, 0) is 24.4 Å². The van der Waals surface area contributed by atoms with Gasteiger partial charge in [0.2, 0.25) is 0 Å². The molecule has 0 aliphatic rings. The number of carbonyl (C=O) groups is 1. The molecule has 110 valence electrons. The van der Waals surface area contributed by atoms with Crippen LogP contribution in [0.15, 0.2) is 30.5 Å². The zero-order valence-electron chi connectivity index (χ0n) is 11.6. The van der Waals surface area contributed by atoms with Gasteiger partial charge >= 0.3 is 0 Å². The molecule has 8 heteroatoms. The summed E-state index contributed by atoms with van der Waals surface area (Å²) in [5.41, 5.74) is 6.54. The van der Waals surface area contributed by atoms with Crippen LogP contribution in [0.3, 0.4) is 0 Å². The Labute approximate surface area is 127 Å². The van der Waals surface area contributed by atoms with Gasteiger partial charge in [0.25, 0.3) is 5.91 Å². The van der Waals surface area contributed by atoms with Crippen LogP contribution in [0.4, 0.5) is 11.4 Å². The van der Waals surface area contributed by atoms with Crippen molar-refractivity contribution in [3.63, 3.8) is 0 Å². The molecule has 1 aromatic heterocycles. The lowest BCUT2D eigenvalue weighted by molar-refractivity contribution is 0.0995. The van der Waals surface area contributed by atoms with E-state index in [-0.39, 0.29) is 5.69 Å². The number of nitrogens with one attached hydrogen (secondary N) is 2. The quantitative estimate of drug-likeness (QED) is 0.738. The number of primary amides is 1. The smallest absolute Gasteiger partial charge is 0.271 e. The molecule has 1 amide bonds. The molecule has 1 heterocycles. The highest BCUT2D eigenvalue weighted by Crippen LogP contribution is 2.23. The molecule has 0 radical (unpaired) electrons. The fraction of sp³-hybridized carbons (Fsp3) is 0.154. The zero-order valence-corrected chi connectivity index (χ0v) is 12.4. The van der Waals surface area contributed by atoms with Crippen LogP contribution in [0, 0.1) is 0 Å². The molecule has 2 rings (SSSR count). The van der Waals surface area contributed by atoms with Crippen LogP contribution in [-0.4, -0.2) is 27.9 Å². The van der Waals surface area contributed by atoms with Gasteiger partial charge < -0.3 is 21.1 Å².